The van der Waals surface area contributed by atoms with E-state index in [1.54, 1.807) is 6.07 Å². The molecule has 2 heterocycles. The maximum absolute atomic E-state index is 10.3. The highest BCUT2D eigenvalue weighted by Crippen LogP contribution is 2.30. The molecular weight excluding hydrogens is 422 g/mol. The lowest BCUT2D eigenvalue weighted by atomic mass is 10.0. The van der Waals surface area contributed by atoms with Crippen molar-refractivity contribution in [1.82, 2.24) is 19.5 Å². The molecule has 172 valence electrons. The third-order valence-electron chi connectivity index (χ3n) is 6.17. The van der Waals surface area contributed by atoms with Crippen LogP contribution < -0.4 is 5.32 Å². The SMILES string of the molecule is Cc1cnn2c(NCCCN(C)Cc3cccc4ccccc34)cc(-c3ccccc3O)nc12. The second-order valence-electron chi connectivity index (χ2n) is 8.76. The summed E-state index contributed by atoms with van der Waals surface area (Å²) >= 11 is 0. The molecule has 0 radical (unpaired) electrons. The summed E-state index contributed by atoms with van der Waals surface area (Å²) in [6.07, 6.45) is 2.80. The largest absolute Gasteiger partial charge is 0.507 e. The van der Waals surface area contributed by atoms with Crippen LogP contribution in [0, 0.1) is 6.92 Å². The Kier molecular flexibility index (Phi) is 6.14. The fourth-order valence-corrected chi connectivity index (χ4v) is 4.39. The first-order valence-electron chi connectivity index (χ1n) is 11.6. The molecule has 2 aromatic heterocycles. The van der Waals surface area contributed by atoms with Crippen LogP contribution in [0.4, 0.5) is 5.82 Å². The average Bonchev–Trinajstić information content (AvgIpc) is 3.23. The third kappa shape index (κ3) is 4.45. The molecule has 0 fully saturated rings. The van der Waals surface area contributed by atoms with E-state index in [2.05, 4.69) is 64.8 Å². The Balaban J connectivity index is 1.26. The van der Waals surface area contributed by atoms with Gasteiger partial charge in [-0.05, 0) is 55.4 Å². The highest BCUT2D eigenvalue weighted by Gasteiger charge is 2.13. The molecule has 0 aliphatic heterocycles. The molecule has 0 saturated carbocycles. The molecule has 5 aromatic rings. The Morgan fingerprint density at radius 3 is 2.68 bits per heavy atom. The van der Waals surface area contributed by atoms with Gasteiger partial charge in [0.05, 0.1) is 11.9 Å². The summed E-state index contributed by atoms with van der Waals surface area (Å²) in [6, 6.07) is 24.3. The average molecular weight is 452 g/mol. The van der Waals surface area contributed by atoms with Gasteiger partial charge in [0.25, 0.3) is 0 Å². The minimum Gasteiger partial charge on any atom is -0.507 e. The molecule has 0 aliphatic rings. The smallest absolute Gasteiger partial charge is 0.160 e. The van der Waals surface area contributed by atoms with Crippen LogP contribution in [0.3, 0.4) is 0 Å². The highest BCUT2D eigenvalue weighted by molar-refractivity contribution is 5.85. The lowest BCUT2D eigenvalue weighted by Gasteiger charge is -2.18. The van der Waals surface area contributed by atoms with E-state index >= 15 is 0 Å². The number of hydrogen-bond donors (Lipinski definition) is 2. The molecule has 5 rings (SSSR count). The van der Waals surface area contributed by atoms with Crippen LogP contribution in [-0.4, -0.2) is 44.7 Å². The first kappa shape index (κ1) is 21.9. The van der Waals surface area contributed by atoms with Crippen molar-refractivity contribution in [3.05, 3.63) is 90.1 Å². The van der Waals surface area contributed by atoms with Crippen molar-refractivity contribution in [3.8, 4) is 17.0 Å². The van der Waals surface area contributed by atoms with Gasteiger partial charge in [-0.1, -0.05) is 54.6 Å². The van der Waals surface area contributed by atoms with E-state index in [1.807, 2.05) is 41.9 Å². The van der Waals surface area contributed by atoms with Gasteiger partial charge in [-0.2, -0.15) is 9.61 Å². The molecule has 34 heavy (non-hydrogen) atoms. The number of hydrogen-bond acceptors (Lipinski definition) is 5. The molecule has 6 nitrogen and oxygen atoms in total. The van der Waals surface area contributed by atoms with E-state index in [0.717, 1.165) is 48.8 Å². The predicted octanol–water partition coefficient (Wildman–Crippen LogP) is 5.50. The second kappa shape index (κ2) is 9.53. The highest BCUT2D eigenvalue weighted by atomic mass is 16.3. The van der Waals surface area contributed by atoms with E-state index in [1.165, 1.54) is 16.3 Å². The molecule has 0 saturated heterocycles. The molecule has 0 atom stereocenters. The Morgan fingerprint density at radius 2 is 1.79 bits per heavy atom. The first-order chi connectivity index (χ1) is 16.6. The van der Waals surface area contributed by atoms with Crippen molar-refractivity contribution in [2.24, 2.45) is 0 Å². The summed E-state index contributed by atoms with van der Waals surface area (Å²) in [5.41, 5.74) is 4.57. The summed E-state index contributed by atoms with van der Waals surface area (Å²) in [5, 5.41) is 20.9. The molecule has 6 heteroatoms. The van der Waals surface area contributed by atoms with Gasteiger partial charge < -0.3 is 15.3 Å². The maximum Gasteiger partial charge on any atom is 0.160 e. The number of anilines is 1. The van der Waals surface area contributed by atoms with E-state index in [0.29, 0.717) is 5.56 Å². The monoisotopic (exact) mass is 451 g/mol. The number of para-hydroxylation sites is 1. The summed E-state index contributed by atoms with van der Waals surface area (Å²) in [4.78, 5) is 7.11. The Labute approximate surface area is 199 Å². The summed E-state index contributed by atoms with van der Waals surface area (Å²) < 4.78 is 1.83. The predicted molar refractivity (Wildman–Crippen MR) is 138 cm³/mol. The molecule has 0 spiro atoms. The number of aromatic nitrogens is 3. The number of aryl methyl sites for hydroxylation is 1. The van der Waals surface area contributed by atoms with E-state index < -0.39 is 0 Å². The number of nitrogens with one attached hydrogen (secondary N) is 1. The van der Waals surface area contributed by atoms with Gasteiger partial charge in [-0.3, -0.25) is 0 Å². The number of nitrogens with zero attached hydrogens (tertiary/aromatic N) is 4. The van der Waals surface area contributed by atoms with Gasteiger partial charge in [0.2, 0.25) is 0 Å². The van der Waals surface area contributed by atoms with Crippen LogP contribution in [0.2, 0.25) is 0 Å². The van der Waals surface area contributed by atoms with Gasteiger partial charge in [0.15, 0.2) is 5.65 Å². The number of rotatable bonds is 8. The number of benzene rings is 3. The zero-order chi connectivity index (χ0) is 23.5. The molecule has 0 amide bonds. The topological polar surface area (TPSA) is 65.7 Å². The van der Waals surface area contributed by atoms with Crippen LogP contribution in [-0.2, 0) is 6.54 Å². The van der Waals surface area contributed by atoms with E-state index in [9.17, 15) is 5.11 Å². The molecule has 2 N–H and O–H groups in total. The lowest BCUT2D eigenvalue weighted by Crippen LogP contribution is -2.21. The van der Waals surface area contributed by atoms with Crippen molar-refractivity contribution in [1.29, 1.82) is 0 Å². The Hall–Kier alpha value is -3.90. The standard InChI is InChI=1S/C28H29N5O/c1-20-18-30-33-27(17-25(31-28(20)33)24-13-5-6-14-26(24)34)29-15-8-16-32(2)19-22-11-7-10-21-9-3-4-12-23(21)22/h3-7,9-14,17-18,29,34H,8,15-16,19H2,1-2H3. The second-order valence-corrected chi connectivity index (χ2v) is 8.76. The van der Waals surface area contributed by atoms with Crippen molar-refractivity contribution >= 4 is 22.2 Å². The van der Waals surface area contributed by atoms with Crippen LogP contribution in [0.25, 0.3) is 27.7 Å². The normalized spacial score (nSPS) is 11.5. The van der Waals surface area contributed by atoms with Gasteiger partial charge in [-0.25, -0.2) is 4.98 Å². The quantitative estimate of drug-likeness (QED) is 0.305. The van der Waals surface area contributed by atoms with E-state index in [-0.39, 0.29) is 5.75 Å². The van der Waals surface area contributed by atoms with Crippen LogP contribution >= 0.6 is 0 Å². The zero-order valence-corrected chi connectivity index (χ0v) is 19.6. The number of fused-ring (bicyclic) bond motifs is 2. The fraction of sp³-hybridized carbons (Fsp3) is 0.214. The molecule has 0 unspecified atom stereocenters. The van der Waals surface area contributed by atoms with Gasteiger partial charge in [0, 0.05) is 30.3 Å². The summed E-state index contributed by atoms with van der Waals surface area (Å²) in [6.45, 7) is 4.68. The third-order valence-corrected chi connectivity index (χ3v) is 6.17. The minimum absolute atomic E-state index is 0.220. The maximum atomic E-state index is 10.3. The van der Waals surface area contributed by atoms with Gasteiger partial charge >= 0.3 is 0 Å². The van der Waals surface area contributed by atoms with Gasteiger partial charge in [0.1, 0.15) is 11.6 Å². The van der Waals surface area contributed by atoms with Crippen molar-refractivity contribution in [2.75, 3.05) is 25.5 Å². The fourth-order valence-electron chi connectivity index (χ4n) is 4.39. The molecular formula is C28H29N5O. The van der Waals surface area contributed by atoms with E-state index in [4.69, 9.17) is 4.98 Å². The first-order valence-corrected chi connectivity index (χ1v) is 11.6. The molecule has 3 aromatic carbocycles. The Bertz CT molecular complexity index is 1440. The van der Waals surface area contributed by atoms with Crippen molar-refractivity contribution < 1.29 is 5.11 Å². The number of phenols is 1. The number of aromatic hydroxyl groups is 1. The summed E-state index contributed by atoms with van der Waals surface area (Å²) in [7, 11) is 2.17. The van der Waals surface area contributed by atoms with Crippen molar-refractivity contribution in [2.45, 2.75) is 19.9 Å². The lowest BCUT2D eigenvalue weighted by molar-refractivity contribution is 0.326. The number of phenolic OH excluding ortho intramolecular Hbond substituents is 1. The molecule has 0 aliphatic carbocycles. The van der Waals surface area contributed by atoms with Crippen LogP contribution in [0.1, 0.15) is 17.5 Å². The van der Waals surface area contributed by atoms with Crippen molar-refractivity contribution in [3.63, 3.8) is 0 Å². The zero-order valence-electron chi connectivity index (χ0n) is 19.6. The van der Waals surface area contributed by atoms with Gasteiger partial charge in [-0.15, -0.1) is 0 Å². The minimum atomic E-state index is 0.220. The Morgan fingerprint density at radius 1 is 1.00 bits per heavy atom. The molecule has 0 bridgehead atoms. The van der Waals surface area contributed by atoms with Crippen LogP contribution in [0.15, 0.2) is 79.0 Å². The summed E-state index contributed by atoms with van der Waals surface area (Å²) in [5.74, 6) is 1.09. The van der Waals surface area contributed by atoms with Crippen LogP contribution in [0.5, 0.6) is 5.75 Å².